The number of benzene rings is 1. The van der Waals surface area contributed by atoms with Crippen molar-refractivity contribution in [2.24, 2.45) is 5.92 Å². The number of piperidine rings is 1. The van der Waals surface area contributed by atoms with Gasteiger partial charge in [0.05, 0.1) is 19.5 Å². The normalized spacial score (nSPS) is 19.5. The number of halogens is 1. The Hall–Kier alpha value is -2.27. The number of allylic oxidation sites excluding steroid dienone is 3. The van der Waals surface area contributed by atoms with E-state index in [9.17, 15) is 14.0 Å². The molecular weight excluding hydrogens is 369 g/mol. The Bertz CT molecular complexity index is 687. The van der Waals surface area contributed by atoms with E-state index < -0.39 is 5.97 Å². The summed E-state index contributed by atoms with van der Waals surface area (Å²) in [4.78, 5) is 23.8. The van der Waals surface area contributed by atoms with Crippen LogP contribution in [-0.4, -0.2) is 36.5 Å². The molecule has 1 aliphatic rings. The third-order valence-electron chi connectivity index (χ3n) is 5.23. The van der Waals surface area contributed by atoms with Crippen LogP contribution in [-0.2, 0) is 16.0 Å². The molecule has 1 aromatic carbocycles. The van der Waals surface area contributed by atoms with Gasteiger partial charge in [0.1, 0.15) is 12.4 Å². The van der Waals surface area contributed by atoms with E-state index in [1.54, 1.807) is 0 Å². The topological polar surface area (TPSA) is 58.8 Å². The number of hydrogen-bond donors (Lipinski definition) is 2. The third-order valence-corrected chi connectivity index (χ3v) is 5.23. The minimum Gasteiger partial charge on any atom is -0.481 e. The van der Waals surface area contributed by atoms with Gasteiger partial charge in [0.2, 0.25) is 5.78 Å². The van der Waals surface area contributed by atoms with Crippen LogP contribution in [0.2, 0.25) is 0 Å². The Morgan fingerprint density at radius 3 is 2.28 bits per heavy atom. The number of ketones is 1. The molecule has 0 spiro atoms. The lowest BCUT2D eigenvalue weighted by Crippen LogP contribution is -3.14. The molecule has 1 aromatic rings. The molecule has 0 saturated carbocycles. The van der Waals surface area contributed by atoms with Crippen LogP contribution in [0.15, 0.2) is 48.1 Å². The lowest BCUT2D eigenvalue weighted by Gasteiger charge is -2.28. The number of carboxylic acid groups (broad SMARTS) is 1. The summed E-state index contributed by atoms with van der Waals surface area (Å²) < 4.78 is 12.3. The molecule has 0 bridgehead atoms. The second kappa shape index (κ2) is 13.8. The number of aliphatic carboxylic acids is 1. The molecule has 0 atom stereocenters. The first-order valence-corrected chi connectivity index (χ1v) is 10.5. The van der Waals surface area contributed by atoms with E-state index in [0.29, 0.717) is 17.9 Å². The van der Waals surface area contributed by atoms with E-state index in [1.807, 2.05) is 19.1 Å². The molecule has 2 rings (SSSR count). The Morgan fingerprint density at radius 2 is 1.79 bits per heavy atom. The van der Waals surface area contributed by atoms with Crippen LogP contribution in [0.25, 0.3) is 0 Å². The second-order valence-electron chi connectivity index (χ2n) is 7.45. The third kappa shape index (κ3) is 10.2. The van der Waals surface area contributed by atoms with Crippen molar-refractivity contribution in [3.05, 3.63) is 59.4 Å². The summed E-state index contributed by atoms with van der Waals surface area (Å²) in [5, 5.41) is 8.34. The fraction of sp³-hybridized carbons (Fsp3) is 0.500. The Balaban J connectivity index is 0.000000326. The van der Waals surface area contributed by atoms with E-state index in [4.69, 9.17) is 5.11 Å². The van der Waals surface area contributed by atoms with E-state index in [1.165, 1.54) is 61.5 Å². The molecule has 0 unspecified atom stereocenters. The number of rotatable bonds is 8. The summed E-state index contributed by atoms with van der Waals surface area (Å²) in [5.74, 6) is -0.0621. The summed E-state index contributed by atoms with van der Waals surface area (Å²) >= 11 is 0. The Morgan fingerprint density at radius 1 is 1.17 bits per heavy atom. The smallest absolute Gasteiger partial charge is 0.307 e. The number of carbonyl (C=O) groups excluding carboxylic acids is 1. The molecular formula is C24H35FNO3+. The van der Waals surface area contributed by atoms with Gasteiger partial charge in [-0.25, -0.2) is 4.39 Å². The van der Waals surface area contributed by atoms with Gasteiger partial charge in [-0.3, -0.25) is 9.59 Å². The van der Waals surface area contributed by atoms with Gasteiger partial charge >= 0.3 is 5.97 Å². The van der Waals surface area contributed by atoms with Gasteiger partial charge in [0, 0.05) is 5.57 Å². The number of likely N-dealkylation sites (tertiary alicyclic amines) is 1. The van der Waals surface area contributed by atoms with Crippen LogP contribution in [0.4, 0.5) is 4.39 Å². The van der Waals surface area contributed by atoms with Gasteiger partial charge in [-0.1, -0.05) is 50.6 Å². The first kappa shape index (κ1) is 24.8. The molecule has 0 aromatic heterocycles. The average Bonchev–Trinajstić information content (AvgIpc) is 2.71. The average molecular weight is 405 g/mol. The summed E-state index contributed by atoms with van der Waals surface area (Å²) in [6.07, 6.45) is 10.8. The van der Waals surface area contributed by atoms with Crippen molar-refractivity contribution in [2.75, 3.05) is 19.6 Å². The summed E-state index contributed by atoms with van der Waals surface area (Å²) in [6, 6.07) is 5.42. The van der Waals surface area contributed by atoms with Crippen LogP contribution < -0.4 is 4.90 Å². The maximum Gasteiger partial charge on any atom is 0.307 e. The maximum absolute atomic E-state index is 12.3. The van der Waals surface area contributed by atoms with E-state index in [2.05, 4.69) is 19.9 Å². The molecule has 1 heterocycles. The van der Waals surface area contributed by atoms with Gasteiger partial charge < -0.3 is 10.0 Å². The molecule has 0 amide bonds. The van der Waals surface area contributed by atoms with E-state index in [0.717, 1.165) is 17.9 Å². The van der Waals surface area contributed by atoms with Crippen LogP contribution in [0.1, 0.15) is 52.0 Å². The monoisotopic (exact) mass is 404 g/mol. The molecule has 5 heteroatoms. The fourth-order valence-corrected chi connectivity index (χ4v) is 3.37. The molecule has 160 valence electrons. The van der Waals surface area contributed by atoms with Crippen molar-refractivity contribution >= 4 is 11.8 Å². The molecule has 1 fully saturated rings. The number of hydrogen-bond acceptors (Lipinski definition) is 2. The quantitative estimate of drug-likeness (QED) is 0.514. The maximum atomic E-state index is 12.3. The number of carbonyl (C=O) groups is 2. The van der Waals surface area contributed by atoms with Crippen molar-refractivity contribution in [1.82, 2.24) is 0 Å². The zero-order valence-electron chi connectivity index (χ0n) is 17.9. The molecule has 1 aliphatic heterocycles. The van der Waals surface area contributed by atoms with Gasteiger partial charge in [-0.15, -0.1) is 0 Å². The van der Waals surface area contributed by atoms with Crippen molar-refractivity contribution in [1.29, 1.82) is 0 Å². The second-order valence-corrected chi connectivity index (χ2v) is 7.45. The largest absolute Gasteiger partial charge is 0.481 e. The highest BCUT2D eigenvalue weighted by Crippen LogP contribution is 2.12. The van der Waals surface area contributed by atoms with Gasteiger partial charge in [0.15, 0.2) is 0 Å². The zero-order chi connectivity index (χ0) is 21.6. The highest BCUT2D eigenvalue weighted by atomic mass is 19.1. The molecule has 4 nitrogen and oxygen atoms in total. The number of nitrogens with one attached hydrogen (secondary N) is 1. The van der Waals surface area contributed by atoms with Crippen LogP contribution >= 0.6 is 0 Å². The molecule has 0 radical (unpaired) electrons. The predicted molar refractivity (Wildman–Crippen MR) is 115 cm³/mol. The lowest BCUT2D eigenvalue weighted by molar-refractivity contribution is -0.898. The predicted octanol–water partition coefficient (Wildman–Crippen LogP) is 3.63. The first-order chi connectivity index (χ1) is 13.9. The summed E-state index contributed by atoms with van der Waals surface area (Å²) in [7, 11) is 0. The highest BCUT2D eigenvalue weighted by Gasteiger charge is 2.23. The number of Topliss-reactive ketones (excluding diaryl/α,β-unsaturated/α-hetero) is 1. The van der Waals surface area contributed by atoms with Crippen molar-refractivity contribution in [2.45, 2.75) is 52.9 Å². The SMILES string of the molecule is C/C=C(\C=C/CC)C(=O)C[NH+]1CCC(CC)CC1.O=C(O)Cc1ccc(F)cc1. The van der Waals surface area contributed by atoms with E-state index >= 15 is 0 Å². The summed E-state index contributed by atoms with van der Waals surface area (Å²) in [6.45, 7) is 9.32. The van der Waals surface area contributed by atoms with Gasteiger partial charge in [-0.2, -0.15) is 0 Å². The Labute approximate surface area is 174 Å². The highest BCUT2D eigenvalue weighted by molar-refractivity contribution is 5.98. The van der Waals surface area contributed by atoms with E-state index in [-0.39, 0.29) is 12.2 Å². The van der Waals surface area contributed by atoms with Crippen LogP contribution in [0.3, 0.4) is 0 Å². The minimum absolute atomic E-state index is 0.0553. The summed E-state index contributed by atoms with van der Waals surface area (Å²) in [5.41, 5.74) is 1.49. The minimum atomic E-state index is -0.906. The molecule has 29 heavy (non-hydrogen) atoms. The number of carboxylic acids is 1. The van der Waals surface area contributed by atoms with Crippen molar-refractivity contribution in [3.8, 4) is 0 Å². The molecule has 2 N–H and O–H groups in total. The fourth-order valence-electron chi connectivity index (χ4n) is 3.37. The van der Waals surface area contributed by atoms with Crippen LogP contribution in [0.5, 0.6) is 0 Å². The zero-order valence-corrected chi connectivity index (χ0v) is 17.9. The standard InChI is InChI=1S/C16H27NO.C8H7FO2/c1-4-7-8-15(6-3)16(18)13-17-11-9-14(5-2)10-12-17;9-7-3-1-6(2-4-7)5-8(10)11/h6-8,14H,4-5,9-13H2,1-3H3;1-4H,5H2,(H,10,11)/p+1/b8-7-,15-6+;. The Kier molecular flexibility index (Phi) is 11.8. The van der Waals surface area contributed by atoms with Crippen LogP contribution in [0, 0.1) is 11.7 Å². The van der Waals surface area contributed by atoms with Crippen molar-refractivity contribution < 1.29 is 24.0 Å². The molecule has 1 saturated heterocycles. The first-order valence-electron chi connectivity index (χ1n) is 10.5. The number of quaternary nitrogens is 1. The van der Waals surface area contributed by atoms with Gasteiger partial charge in [-0.05, 0) is 49.8 Å². The van der Waals surface area contributed by atoms with Crippen molar-refractivity contribution in [3.63, 3.8) is 0 Å². The lowest BCUT2D eigenvalue weighted by atomic mass is 9.94. The van der Waals surface area contributed by atoms with Gasteiger partial charge in [0.25, 0.3) is 0 Å². The molecule has 0 aliphatic carbocycles.